The molecule has 1 aromatic heterocycles. The van der Waals surface area contributed by atoms with Gasteiger partial charge in [0.25, 0.3) is 0 Å². The minimum absolute atomic E-state index is 0.259. The third-order valence-corrected chi connectivity index (χ3v) is 3.21. The zero-order chi connectivity index (χ0) is 13.9. The zero-order valence-corrected chi connectivity index (χ0v) is 11.1. The smallest absolute Gasteiger partial charge is 0.206 e. The standard InChI is InChI=1S/C14H10ClFN4/c15-12-7-3-1-5-10(12)9-20-18-14(17-19-20)11-6-2-4-8-13(11)16/h1-8H,9H2. The molecule has 0 atom stereocenters. The van der Waals surface area contributed by atoms with E-state index in [1.807, 2.05) is 18.2 Å². The number of hydrogen-bond acceptors (Lipinski definition) is 3. The maximum Gasteiger partial charge on any atom is 0.207 e. The van der Waals surface area contributed by atoms with Crippen molar-refractivity contribution in [1.29, 1.82) is 0 Å². The Balaban J connectivity index is 1.88. The van der Waals surface area contributed by atoms with Crippen LogP contribution in [0.5, 0.6) is 0 Å². The fourth-order valence-corrected chi connectivity index (χ4v) is 2.04. The lowest BCUT2D eigenvalue weighted by Crippen LogP contribution is -2.04. The Morgan fingerprint density at radius 2 is 1.80 bits per heavy atom. The second-order valence-electron chi connectivity index (χ2n) is 4.21. The van der Waals surface area contributed by atoms with Gasteiger partial charge in [0.05, 0.1) is 12.1 Å². The zero-order valence-electron chi connectivity index (χ0n) is 10.4. The van der Waals surface area contributed by atoms with Gasteiger partial charge in [-0.2, -0.15) is 4.80 Å². The molecule has 0 bridgehead atoms. The van der Waals surface area contributed by atoms with Crippen LogP contribution in [0.3, 0.4) is 0 Å². The summed E-state index contributed by atoms with van der Waals surface area (Å²) in [5.41, 5.74) is 1.21. The monoisotopic (exact) mass is 288 g/mol. The van der Waals surface area contributed by atoms with Crippen LogP contribution >= 0.6 is 11.6 Å². The first-order chi connectivity index (χ1) is 9.74. The van der Waals surface area contributed by atoms with Crippen molar-refractivity contribution >= 4 is 11.6 Å². The molecule has 0 spiro atoms. The van der Waals surface area contributed by atoms with Crippen molar-refractivity contribution in [2.24, 2.45) is 0 Å². The summed E-state index contributed by atoms with van der Waals surface area (Å²) in [6, 6.07) is 13.7. The Hall–Kier alpha value is -2.27. The molecule has 4 nitrogen and oxygen atoms in total. The number of aromatic nitrogens is 4. The number of benzene rings is 2. The molecular formula is C14H10ClFN4. The molecule has 0 aliphatic carbocycles. The molecule has 20 heavy (non-hydrogen) atoms. The summed E-state index contributed by atoms with van der Waals surface area (Å²) in [7, 11) is 0. The van der Waals surface area contributed by atoms with Crippen molar-refractivity contribution in [3.05, 3.63) is 64.9 Å². The molecule has 0 amide bonds. The van der Waals surface area contributed by atoms with E-state index in [0.717, 1.165) is 5.56 Å². The molecule has 0 radical (unpaired) electrons. The molecule has 2 aromatic carbocycles. The van der Waals surface area contributed by atoms with Crippen LogP contribution in [0.1, 0.15) is 5.56 Å². The van der Waals surface area contributed by atoms with Gasteiger partial charge in [-0.15, -0.1) is 10.2 Å². The molecule has 0 aliphatic heterocycles. The predicted octanol–water partition coefficient (Wildman–Crippen LogP) is 3.18. The Morgan fingerprint density at radius 1 is 1.05 bits per heavy atom. The summed E-state index contributed by atoms with van der Waals surface area (Å²) >= 11 is 6.07. The van der Waals surface area contributed by atoms with E-state index in [-0.39, 0.29) is 11.6 Å². The van der Waals surface area contributed by atoms with E-state index in [1.165, 1.54) is 10.9 Å². The SMILES string of the molecule is Fc1ccccc1-c1nnn(Cc2ccccc2Cl)n1. The number of halogens is 2. The van der Waals surface area contributed by atoms with Crippen molar-refractivity contribution in [2.45, 2.75) is 6.54 Å². The van der Waals surface area contributed by atoms with Gasteiger partial charge >= 0.3 is 0 Å². The molecule has 100 valence electrons. The first kappa shape index (κ1) is 12.7. The molecule has 1 heterocycles. The van der Waals surface area contributed by atoms with Crippen molar-refractivity contribution in [3.8, 4) is 11.4 Å². The Labute approximate surface area is 119 Å². The quantitative estimate of drug-likeness (QED) is 0.743. The second-order valence-corrected chi connectivity index (χ2v) is 4.62. The summed E-state index contributed by atoms with van der Waals surface area (Å²) in [5.74, 6) is -0.111. The predicted molar refractivity (Wildman–Crippen MR) is 73.8 cm³/mol. The summed E-state index contributed by atoms with van der Waals surface area (Å²) in [6.45, 7) is 0.390. The van der Waals surface area contributed by atoms with Gasteiger partial charge in [-0.25, -0.2) is 4.39 Å². The molecule has 3 aromatic rings. The third-order valence-electron chi connectivity index (χ3n) is 2.84. The number of hydrogen-bond donors (Lipinski definition) is 0. The van der Waals surface area contributed by atoms with E-state index in [4.69, 9.17) is 11.6 Å². The van der Waals surface area contributed by atoms with Gasteiger partial charge in [0.2, 0.25) is 5.82 Å². The largest absolute Gasteiger partial charge is 0.207 e. The van der Waals surface area contributed by atoms with Crippen molar-refractivity contribution < 1.29 is 4.39 Å². The highest BCUT2D eigenvalue weighted by Gasteiger charge is 2.11. The lowest BCUT2D eigenvalue weighted by atomic mass is 10.2. The highest BCUT2D eigenvalue weighted by molar-refractivity contribution is 6.31. The Kier molecular flexibility index (Phi) is 3.43. The average Bonchev–Trinajstić information content (AvgIpc) is 2.90. The van der Waals surface area contributed by atoms with Crippen LogP contribution < -0.4 is 0 Å². The average molecular weight is 289 g/mol. The number of rotatable bonds is 3. The molecule has 6 heteroatoms. The highest BCUT2D eigenvalue weighted by atomic mass is 35.5. The molecule has 3 rings (SSSR count). The third kappa shape index (κ3) is 2.53. The van der Waals surface area contributed by atoms with Crippen LogP contribution in [0.2, 0.25) is 5.02 Å². The van der Waals surface area contributed by atoms with Crippen molar-refractivity contribution in [3.63, 3.8) is 0 Å². The maximum absolute atomic E-state index is 13.6. The molecule has 0 saturated heterocycles. The van der Waals surface area contributed by atoms with Crippen LogP contribution in [-0.4, -0.2) is 20.2 Å². The molecule has 0 N–H and O–H groups in total. The molecule has 0 aliphatic rings. The summed E-state index contributed by atoms with van der Waals surface area (Å²) in [4.78, 5) is 1.39. The second kappa shape index (κ2) is 5.38. The van der Waals surface area contributed by atoms with Gasteiger partial charge in [0.1, 0.15) is 5.82 Å². The van der Waals surface area contributed by atoms with Gasteiger partial charge in [-0.1, -0.05) is 41.9 Å². The Morgan fingerprint density at radius 3 is 2.60 bits per heavy atom. The molecule has 0 fully saturated rings. The fourth-order valence-electron chi connectivity index (χ4n) is 1.84. The highest BCUT2D eigenvalue weighted by Crippen LogP contribution is 2.18. The van der Waals surface area contributed by atoms with E-state index >= 15 is 0 Å². The van der Waals surface area contributed by atoms with E-state index in [0.29, 0.717) is 17.1 Å². The van der Waals surface area contributed by atoms with Gasteiger partial charge in [0, 0.05) is 5.02 Å². The first-order valence-corrected chi connectivity index (χ1v) is 6.38. The number of tetrazole rings is 1. The maximum atomic E-state index is 13.6. The molecular weight excluding hydrogens is 279 g/mol. The van der Waals surface area contributed by atoms with Gasteiger partial charge in [-0.05, 0) is 29.0 Å². The van der Waals surface area contributed by atoms with Crippen LogP contribution in [0, 0.1) is 5.82 Å². The summed E-state index contributed by atoms with van der Waals surface area (Å²) < 4.78 is 13.6. The van der Waals surface area contributed by atoms with Crippen molar-refractivity contribution in [1.82, 2.24) is 20.2 Å². The lowest BCUT2D eigenvalue weighted by Gasteiger charge is -2.01. The summed E-state index contributed by atoms with van der Waals surface area (Å²) in [6.07, 6.45) is 0. The van der Waals surface area contributed by atoms with Crippen LogP contribution in [0.15, 0.2) is 48.5 Å². The van der Waals surface area contributed by atoms with Gasteiger partial charge < -0.3 is 0 Å². The fraction of sp³-hybridized carbons (Fsp3) is 0.0714. The number of nitrogens with zero attached hydrogens (tertiary/aromatic N) is 4. The first-order valence-electron chi connectivity index (χ1n) is 6.00. The van der Waals surface area contributed by atoms with E-state index in [1.54, 1.807) is 24.3 Å². The Bertz CT molecular complexity index is 741. The summed E-state index contributed by atoms with van der Waals surface area (Å²) in [5, 5.41) is 12.6. The minimum Gasteiger partial charge on any atom is -0.206 e. The normalized spacial score (nSPS) is 10.7. The molecule has 0 unspecified atom stereocenters. The van der Waals surface area contributed by atoms with Crippen molar-refractivity contribution in [2.75, 3.05) is 0 Å². The van der Waals surface area contributed by atoms with Gasteiger partial charge in [0.15, 0.2) is 0 Å². The molecule has 0 saturated carbocycles. The lowest BCUT2D eigenvalue weighted by molar-refractivity contribution is 0.572. The minimum atomic E-state index is -0.371. The van der Waals surface area contributed by atoms with Crippen LogP contribution in [-0.2, 0) is 6.54 Å². The van der Waals surface area contributed by atoms with E-state index in [9.17, 15) is 4.39 Å². The topological polar surface area (TPSA) is 43.6 Å². The van der Waals surface area contributed by atoms with Crippen LogP contribution in [0.25, 0.3) is 11.4 Å². The van der Waals surface area contributed by atoms with Gasteiger partial charge in [-0.3, -0.25) is 0 Å². The van der Waals surface area contributed by atoms with E-state index in [2.05, 4.69) is 15.4 Å². The van der Waals surface area contributed by atoms with E-state index < -0.39 is 0 Å². The van der Waals surface area contributed by atoms with Crippen LogP contribution in [0.4, 0.5) is 4.39 Å².